The average molecular weight is 217 g/mol. The van der Waals surface area contributed by atoms with E-state index in [1.807, 2.05) is 13.8 Å². The summed E-state index contributed by atoms with van der Waals surface area (Å²) >= 11 is 0. The molecule has 0 saturated heterocycles. The molecule has 0 bridgehead atoms. The van der Waals surface area contributed by atoms with Crippen LogP contribution in [0.4, 0.5) is 13.2 Å². The third kappa shape index (κ3) is 2.50. The molecule has 1 aromatic rings. The second-order valence-electron chi connectivity index (χ2n) is 3.70. The molecular weight excluding hydrogens is 203 g/mol. The quantitative estimate of drug-likeness (QED) is 0.773. The summed E-state index contributed by atoms with van der Waals surface area (Å²) in [6.45, 7) is 3.70. The Hall–Kier alpha value is -1.03. The lowest BCUT2D eigenvalue weighted by Crippen LogP contribution is -2.20. The molecule has 1 nitrogen and oxygen atoms in total. The van der Waals surface area contributed by atoms with Crippen molar-refractivity contribution in [3.8, 4) is 0 Å². The second kappa shape index (κ2) is 4.66. The van der Waals surface area contributed by atoms with Gasteiger partial charge in [0.25, 0.3) is 0 Å². The largest absolute Gasteiger partial charge is 0.324 e. The minimum absolute atomic E-state index is 0.0271. The van der Waals surface area contributed by atoms with E-state index in [-0.39, 0.29) is 11.5 Å². The lowest BCUT2D eigenvalue weighted by atomic mass is 9.93. The van der Waals surface area contributed by atoms with Crippen LogP contribution in [0.25, 0.3) is 0 Å². The molecule has 0 aliphatic rings. The maximum Gasteiger partial charge on any atom is 0.163 e. The molecule has 2 atom stereocenters. The van der Waals surface area contributed by atoms with E-state index in [0.29, 0.717) is 6.07 Å². The maximum absolute atomic E-state index is 13.3. The van der Waals surface area contributed by atoms with E-state index in [2.05, 4.69) is 0 Å². The van der Waals surface area contributed by atoms with Gasteiger partial charge in [0.15, 0.2) is 11.6 Å². The molecule has 4 heteroatoms. The topological polar surface area (TPSA) is 26.0 Å². The summed E-state index contributed by atoms with van der Waals surface area (Å²) in [5.74, 6) is -3.07. The van der Waals surface area contributed by atoms with Gasteiger partial charge in [0.2, 0.25) is 0 Å². The Labute approximate surface area is 87.1 Å². The normalized spacial score (nSPS) is 15.1. The van der Waals surface area contributed by atoms with Crippen LogP contribution < -0.4 is 5.73 Å². The minimum atomic E-state index is -1.19. The molecule has 2 N–H and O–H groups in total. The first kappa shape index (κ1) is 12.0. The summed E-state index contributed by atoms with van der Waals surface area (Å²) in [6.07, 6.45) is 0.721. The smallest absolute Gasteiger partial charge is 0.163 e. The summed E-state index contributed by atoms with van der Waals surface area (Å²) in [7, 11) is 0. The fourth-order valence-corrected chi connectivity index (χ4v) is 1.38. The van der Waals surface area contributed by atoms with Crippen molar-refractivity contribution in [2.75, 3.05) is 0 Å². The van der Waals surface area contributed by atoms with E-state index < -0.39 is 23.5 Å². The molecule has 0 heterocycles. The number of rotatable bonds is 3. The second-order valence-corrected chi connectivity index (χ2v) is 3.70. The van der Waals surface area contributed by atoms with Crippen molar-refractivity contribution in [1.29, 1.82) is 0 Å². The van der Waals surface area contributed by atoms with Gasteiger partial charge in [-0.25, -0.2) is 13.2 Å². The number of hydrogen-bond donors (Lipinski definition) is 1. The summed E-state index contributed by atoms with van der Waals surface area (Å²) < 4.78 is 39.1. The molecule has 84 valence electrons. The monoisotopic (exact) mass is 217 g/mol. The summed E-state index contributed by atoms with van der Waals surface area (Å²) in [6, 6.07) is 0.789. The predicted molar refractivity (Wildman–Crippen MR) is 52.7 cm³/mol. The van der Waals surface area contributed by atoms with E-state index in [1.54, 1.807) is 0 Å². The molecule has 0 spiro atoms. The first-order valence-corrected chi connectivity index (χ1v) is 4.87. The Morgan fingerprint density at radius 3 is 2.40 bits per heavy atom. The fourth-order valence-electron chi connectivity index (χ4n) is 1.38. The lowest BCUT2D eigenvalue weighted by Gasteiger charge is -2.19. The van der Waals surface area contributed by atoms with E-state index in [1.165, 1.54) is 0 Å². The minimum Gasteiger partial charge on any atom is -0.324 e. The van der Waals surface area contributed by atoms with Crippen molar-refractivity contribution in [3.63, 3.8) is 0 Å². The van der Waals surface area contributed by atoms with Crippen molar-refractivity contribution >= 4 is 0 Å². The van der Waals surface area contributed by atoms with Crippen LogP contribution in [0.3, 0.4) is 0 Å². The number of halogens is 3. The van der Waals surface area contributed by atoms with Crippen LogP contribution in [0.2, 0.25) is 0 Å². The van der Waals surface area contributed by atoms with Gasteiger partial charge in [-0.3, -0.25) is 0 Å². The van der Waals surface area contributed by atoms with E-state index in [0.717, 1.165) is 12.5 Å². The van der Waals surface area contributed by atoms with E-state index in [4.69, 9.17) is 5.73 Å². The SMILES string of the molecule is CCC(C)[C@H](N)c1cc(F)cc(F)c1F. The molecule has 0 aliphatic carbocycles. The molecule has 0 fully saturated rings. The summed E-state index contributed by atoms with van der Waals surface area (Å²) in [5.41, 5.74) is 5.62. The van der Waals surface area contributed by atoms with Gasteiger partial charge in [0.05, 0.1) is 0 Å². The van der Waals surface area contributed by atoms with E-state index in [9.17, 15) is 13.2 Å². The van der Waals surface area contributed by atoms with Gasteiger partial charge >= 0.3 is 0 Å². The van der Waals surface area contributed by atoms with Crippen LogP contribution >= 0.6 is 0 Å². The molecule has 0 saturated carbocycles. The Balaban J connectivity index is 3.13. The first-order chi connectivity index (χ1) is 6.97. The van der Waals surface area contributed by atoms with Gasteiger partial charge < -0.3 is 5.73 Å². The van der Waals surface area contributed by atoms with Gasteiger partial charge in [-0.05, 0) is 12.0 Å². The van der Waals surface area contributed by atoms with Crippen molar-refractivity contribution < 1.29 is 13.2 Å². The standard InChI is InChI=1S/C11H14F3N/c1-3-6(2)11(15)8-4-7(12)5-9(13)10(8)14/h4-6,11H,3,15H2,1-2H3/t6?,11-/m0/s1. The highest BCUT2D eigenvalue weighted by Gasteiger charge is 2.20. The van der Waals surface area contributed by atoms with Gasteiger partial charge in [-0.1, -0.05) is 20.3 Å². The zero-order chi connectivity index (χ0) is 11.6. The number of benzene rings is 1. The number of nitrogens with two attached hydrogens (primary N) is 1. The van der Waals surface area contributed by atoms with Crippen LogP contribution in [0, 0.1) is 23.4 Å². The van der Waals surface area contributed by atoms with Gasteiger partial charge in [-0.15, -0.1) is 0 Å². The third-order valence-electron chi connectivity index (χ3n) is 2.64. The third-order valence-corrected chi connectivity index (χ3v) is 2.64. The average Bonchev–Trinajstić information content (AvgIpc) is 2.21. The highest BCUT2D eigenvalue weighted by atomic mass is 19.2. The highest BCUT2D eigenvalue weighted by Crippen LogP contribution is 2.26. The number of hydrogen-bond acceptors (Lipinski definition) is 1. The first-order valence-electron chi connectivity index (χ1n) is 4.87. The van der Waals surface area contributed by atoms with Crippen molar-refractivity contribution in [1.82, 2.24) is 0 Å². The molecular formula is C11H14F3N. The maximum atomic E-state index is 13.3. The van der Waals surface area contributed by atoms with Crippen LogP contribution in [0.15, 0.2) is 12.1 Å². The fraction of sp³-hybridized carbons (Fsp3) is 0.455. The lowest BCUT2D eigenvalue weighted by molar-refractivity contribution is 0.417. The Kier molecular flexibility index (Phi) is 3.74. The van der Waals surface area contributed by atoms with Gasteiger partial charge in [-0.2, -0.15) is 0 Å². The zero-order valence-corrected chi connectivity index (χ0v) is 8.73. The molecule has 0 radical (unpaired) electrons. The molecule has 1 aromatic carbocycles. The van der Waals surface area contributed by atoms with Crippen LogP contribution in [-0.4, -0.2) is 0 Å². The zero-order valence-electron chi connectivity index (χ0n) is 8.73. The van der Waals surface area contributed by atoms with Crippen molar-refractivity contribution in [3.05, 3.63) is 35.1 Å². The molecule has 1 unspecified atom stereocenters. The summed E-state index contributed by atoms with van der Waals surface area (Å²) in [4.78, 5) is 0. The Bertz CT molecular complexity index is 352. The highest BCUT2D eigenvalue weighted by molar-refractivity contribution is 5.23. The van der Waals surface area contributed by atoms with E-state index >= 15 is 0 Å². The predicted octanol–water partition coefficient (Wildman–Crippen LogP) is 3.15. The Morgan fingerprint density at radius 1 is 1.27 bits per heavy atom. The van der Waals surface area contributed by atoms with Crippen molar-refractivity contribution in [2.24, 2.45) is 11.7 Å². The van der Waals surface area contributed by atoms with Crippen LogP contribution in [0.5, 0.6) is 0 Å². The van der Waals surface area contributed by atoms with Crippen molar-refractivity contribution in [2.45, 2.75) is 26.3 Å². The molecule has 0 amide bonds. The molecule has 0 aromatic heterocycles. The van der Waals surface area contributed by atoms with Crippen LogP contribution in [0.1, 0.15) is 31.9 Å². The van der Waals surface area contributed by atoms with Gasteiger partial charge in [0, 0.05) is 17.7 Å². The molecule has 0 aliphatic heterocycles. The molecule has 1 rings (SSSR count). The van der Waals surface area contributed by atoms with Gasteiger partial charge in [0.1, 0.15) is 5.82 Å². The van der Waals surface area contributed by atoms with Crippen LogP contribution in [-0.2, 0) is 0 Å². The Morgan fingerprint density at radius 2 is 1.87 bits per heavy atom. The molecule has 15 heavy (non-hydrogen) atoms. The summed E-state index contributed by atoms with van der Waals surface area (Å²) in [5, 5.41) is 0.